The minimum absolute atomic E-state index is 0.102. The van der Waals surface area contributed by atoms with Crippen LogP contribution < -0.4 is 0 Å². The molecule has 1 unspecified atom stereocenters. The molecule has 0 N–H and O–H groups in total. The molecule has 3 aromatic carbocycles. The van der Waals surface area contributed by atoms with Crippen LogP contribution in [0.2, 0.25) is 0 Å². The molecule has 3 rings (SSSR count). The second-order valence-electron chi connectivity index (χ2n) is 12.4. The first-order valence-electron chi connectivity index (χ1n) is 14.5. The highest BCUT2D eigenvalue weighted by Crippen LogP contribution is 2.37. The van der Waals surface area contributed by atoms with E-state index < -0.39 is 35.2 Å². The Kier molecular flexibility index (Phi) is 11.3. The summed E-state index contributed by atoms with van der Waals surface area (Å²) in [6.07, 6.45) is -12.9. The molecule has 0 spiro atoms. The van der Waals surface area contributed by atoms with E-state index in [-0.39, 0.29) is 36.6 Å². The van der Waals surface area contributed by atoms with E-state index in [9.17, 15) is 39.5 Å². The minimum atomic E-state index is -4.95. The average Bonchev–Trinajstić information content (AvgIpc) is 2.89. The van der Waals surface area contributed by atoms with Crippen LogP contribution in [-0.4, -0.2) is 11.4 Å². The van der Waals surface area contributed by atoms with Crippen LogP contribution in [-0.2, 0) is 31.6 Å². The molecule has 1 atom stereocenters. The summed E-state index contributed by atoms with van der Waals surface area (Å²) in [6, 6.07) is 12.2. The molecule has 0 saturated carbocycles. The van der Waals surface area contributed by atoms with Crippen molar-refractivity contribution in [1.29, 1.82) is 0 Å². The third kappa shape index (κ3) is 10.3. The van der Waals surface area contributed by atoms with Crippen molar-refractivity contribution in [3.63, 3.8) is 0 Å². The van der Waals surface area contributed by atoms with E-state index in [1.165, 1.54) is 12.1 Å². The molecule has 1 nitrogen and oxygen atoms in total. The zero-order chi connectivity index (χ0) is 33.0. The molecule has 10 heteroatoms. The van der Waals surface area contributed by atoms with Gasteiger partial charge >= 0.3 is 18.5 Å². The summed E-state index contributed by atoms with van der Waals surface area (Å²) in [7, 11) is 0. The lowest BCUT2D eigenvalue weighted by atomic mass is 9.88. The second-order valence-corrected chi connectivity index (χ2v) is 12.4. The number of benzene rings is 3. The van der Waals surface area contributed by atoms with Crippen LogP contribution in [0.25, 0.3) is 11.1 Å². The van der Waals surface area contributed by atoms with Crippen LogP contribution in [0.3, 0.4) is 0 Å². The summed E-state index contributed by atoms with van der Waals surface area (Å²) in [5.74, 6) is 0.698. The van der Waals surface area contributed by atoms with E-state index in [1.807, 2.05) is 43.9 Å². The predicted octanol–water partition coefficient (Wildman–Crippen LogP) is 11.6. The zero-order valence-electron chi connectivity index (χ0n) is 25.4. The van der Waals surface area contributed by atoms with Crippen molar-refractivity contribution in [3.05, 3.63) is 94.0 Å². The van der Waals surface area contributed by atoms with Crippen LogP contribution in [0.15, 0.2) is 60.7 Å². The molecule has 0 saturated heterocycles. The first-order valence-corrected chi connectivity index (χ1v) is 14.5. The summed E-state index contributed by atoms with van der Waals surface area (Å²) >= 11 is 0. The molecule has 44 heavy (non-hydrogen) atoms. The number of alkyl halides is 9. The van der Waals surface area contributed by atoms with Crippen molar-refractivity contribution < 1.29 is 39.5 Å². The number of hydrogen-bond donors (Lipinski definition) is 0. The van der Waals surface area contributed by atoms with Gasteiger partial charge < -0.3 is 0 Å². The molecule has 3 aromatic rings. The molecule has 0 aliphatic heterocycles. The molecule has 0 aromatic heterocycles. The minimum Gasteiger partial charge on any atom is -0.295 e. The van der Waals surface area contributed by atoms with Crippen LogP contribution in [0, 0.1) is 11.8 Å². The van der Waals surface area contributed by atoms with Gasteiger partial charge in [-0.15, -0.1) is 0 Å². The number of hydrogen-bond acceptors (Lipinski definition) is 1. The van der Waals surface area contributed by atoms with Crippen molar-refractivity contribution in [1.82, 2.24) is 4.90 Å². The fourth-order valence-corrected chi connectivity index (χ4v) is 5.24. The lowest BCUT2D eigenvalue weighted by Gasteiger charge is -2.26. The van der Waals surface area contributed by atoms with Crippen LogP contribution >= 0.6 is 0 Å². The smallest absolute Gasteiger partial charge is 0.295 e. The first-order chi connectivity index (χ1) is 20.2. The quantitative estimate of drug-likeness (QED) is 0.190. The summed E-state index contributed by atoms with van der Waals surface area (Å²) in [4.78, 5) is 1.82. The number of rotatable bonds is 11. The Morgan fingerprint density at radius 1 is 0.545 bits per heavy atom. The third-order valence-electron chi connectivity index (χ3n) is 7.44. The molecule has 0 bridgehead atoms. The predicted molar refractivity (Wildman–Crippen MR) is 155 cm³/mol. The number of nitrogens with zero attached hydrogens (tertiary/aromatic N) is 1. The molecule has 0 fully saturated rings. The molecule has 0 aliphatic rings. The van der Waals surface area contributed by atoms with Gasteiger partial charge in [-0.2, -0.15) is 39.5 Å². The molecule has 0 amide bonds. The SMILES string of the molecule is CC(C)CCN(Cc1cc(-c2ccc(C(F)(F)F)cc2)cc(C(C)CC(C)C)c1)Cc1cc(C(F)(F)F)cc(C(F)(F)F)c1. The molecule has 242 valence electrons. The normalized spacial score (nSPS) is 13.8. The van der Waals surface area contributed by atoms with Crippen molar-refractivity contribution >= 4 is 0 Å². The van der Waals surface area contributed by atoms with E-state index in [2.05, 4.69) is 13.8 Å². The molecular weight excluding hydrogens is 593 g/mol. The highest BCUT2D eigenvalue weighted by atomic mass is 19.4. The van der Waals surface area contributed by atoms with Gasteiger partial charge in [-0.1, -0.05) is 58.9 Å². The maximum absolute atomic E-state index is 13.5. The average molecular weight is 632 g/mol. The van der Waals surface area contributed by atoms with Gasteiger partial charge in [-0.05, 0) is 101 Å². The van der Waals surface area contributed by atoms with Crippen LogP contribution in [0.5, 0.6) is 0 Å². The Morgan fingerprint density at radius 3 is 1.50 bits per heavy atom. The van der Waals surface area contributed by atoms with Crippen molar-refractivity contribution in [2.75, 3.05) is 6.54 Å². The van der Waals surface area contributed by atoms with Crippen molar-refractivity contribution in [3.8, 4) is 11.1 Å². The third-order valence-corrected chi connectivity index (χ3v) is 7.44. The van der Waals surface area contributed by atoms with Gasteiger partial charge in [-0.3, -0.25) is 4.90 Å². The monoisotopic (exact) mass is 631 g/mol. The van der Waals surface area contributed by atoms with E-state index >= 15 is 0 Å². The van der Waals surface area contributed by atoms with Gasteiger partial charge in [0.1, 0.15) is 0 Å². The lowest BCUT2D eigenvalue weighted by Crippen LogP contribution is -2.26. The molecule has 0 heterocycles. The highest BCUT2D eigenvalue weighted by molar-refractivity contribution is 5.66. The van der Waals surface area contributed by atoms with Gasteiger partial charge in [-0.25, -0.2) is 0 Å². The summed E-state index contributed by atoms with van der Waals surface area (Å²) in [5.41, 5.74) is -0.634. The maximum Gasteiger partial charge on any atom is 0.416 e. The fraction of sp³-hybridized carbons (Fsp3) is 0.471. The topological polar surface area (TPSA) is 3.24 Å². The Hall–Kier alpha value is -3.01. The summed E-state index contributed by atoms with van der Waals surface area (Å²) < 4.78 is 121. The number of halogens is 9. The Balaban J connectivity index is 2.06. The summed E-state index contributed by atoms with van der Waals surface area (Å²) in [5, 5.41) is 0. The first kappa shape index (κ1) is 35.5. The van der Waals surface area contributed by atoms with Crippen LogP contribution in [0.4, 0.5) is 39.5 Å². The van der Waals surface area contributed by atoms with E-state index in [1.54, 1.807) is 0 Å². The molecule has 0 aliphatic carbocycles. The Morgan fingerprint density at radius 2 is 1.05 bits per heavy atom. The second kappa shape index (κ2) is 14.0. The Labute approximate surface area is 253 Å². The summed E-state index contributed by atoms with van der Waals surface area (Å²) in [6.45, 7) is 10.6. The van der Waals surface area contributed by atoms with Gasteiger partial charge in [0, 0.05) is 13.1 Å². The van der Waals surface area contributed by atoms with E-state index in [0.717, 1.165) is 41.8 Å². The Bertz CT molecular complexity index is 1340. The maximum atomic E-state index is 13.5. The van der Waals surface area contributed by atoms with Gasteiger partial charge in [0.15, 0.2) is 0 Å². The van der Waals surface area contributed by atoms with Crippen molar-refractivity contribution in [2.45, 2.75) is 85.0 Å². The van der Waals surface area contributed by atoms with Gasteiger partial charge in [0.05, 0.1) is 16.7 Å². The lowest BCUT2D eigenvalue weighted by molar-refractivity contribution is -0.143. The molecular formula is C34H38F9N. The zero-order valence-corrected chi connectivity index (χ0v) is 25.4. The van der Waals surface area contributed by atoms with Crippen LogP contribution in [0.1, 0.15) is 86.8 Å². The van der Waals surface area contributed by atoms with Gasteiger partial charge in [0.2, 0.25) is 0 Å². The highest BCUT2D eigenvalue weighted by Gasteiger charge is 2.37. The fourth-order valence-electron chi connectivity index (χ4n) is 5.24. The van der Waals surface area contributed by atoms with E-state index in [0.29, 0.717) is 30.0 Å². The largest absolute Gasteiger partial charge is 0.416 e. The standard InChI is InChI=1S/C34H38F9N/c1-21(2)10-11-44(20-25-15-30(33(38,39)40)18-31(16-25)34(41,42)43)19-24-13-27(23(5)12-22(3)4)17-28(14-24)26-6-8-29(9-7-26)32(35,36)37/h6-9,13-18,21-23H,10-12,19-20H2,1-5H3. The van der Waals surface area contributed by atoms with Gasteiger partial charge in [0.25, 0.3) is 0 Å². The molecule has 0 radical (unpaired) electrons. The van der Waals surface area contributed by atoms with Crippen molar-refractivity contribution in [2.24, 2.45) is 11.8 Å². The van der Waals surface area contributed by atoms with E-state index in [4.69, 9.17) is 0 Å².